The predicted octanol–water partition coefficient (Wildman–Crippen LogP) is 0.750. The van der Waals surface area contributed by atoms with E-state index in [0.717, 1.165) is 0 Å². The summed E-state index contributed by atoms with van der Waals surface area (Å²) >= 11 is 0. The van der Waals surface area contributed by atoms with E-state index in [1.807, 2.05) is 6.92 Å². The van der Waals surface area contributed by atoms with E-state index in [1.165, 1.54) is 14.0 Å². The smallest absolute Gasteiger partial charge is 0.321 e. The van der Waals surface area contributed by atoms with Gasteiger partial charge in [-0.2, -0.15) is 0 Å². The molecule has 0 saturated heterocycles. The van der Waals surface area contributed by atoms with Crippen LogP contribution in [0.15, 0.2) is 24.3 Å². The van der Waals surface area contributed by atoms with Gasteiger partial charge in [0, 0.05) is 25.3 Å². The van der Waals surface area contributed by atoms with Crippen LogP contribution in [-0.4, -0.2) is 54.8 Å². The van der Waals surface area contributed by atoms with Crippen LogP contribution in [0.3, 0.4) is 0 Å². The molecule has 5 amide bonds. The molecule has 0 aromatic heterocycles. The third-order valence-corrected chi connectivity index (χ3v) is 3.63. The number of imide groups is 1. The van der Waals surface area contributed by atoms with Crippen molar-refractivity contribution in [2.24, 2.45) is 0 Å². The van der Waals surface area contributed by atoms with Crippen molar-refractivity contribution in [3.63, 3.8) is 0 Å². The number of benzene rings is 1. The third kappa shape index (κ3) is 6.89. The van der Waals surface area contributed by atoms with Crippen molar-refractivity contribution in [3.8, 4) is 0 Å². The minimum atomic E-state index is -0.648. The first-order valence-electron chi connectivity index (χ1n) is 8.21. The standard InChI is InChI=1S/C17H25N5O4/c1-5-22(11(2)16(25)21-17(26)18-4)10-15(24)20-14-8-6-13(7-9-14)19-12(3)23/h6-9,11H,5,10H2,1-4H3,(H,19,23)(H,20,24)(H2,18,21,25,26)/t11-/m0/s1. The summed E-state index contributed by atoms with van der Waals surface area (Å²) in [7, 11) is 1.41. The maximum Gasteiger partial charge on any atom is 0.321 e. The Morgan fingerprint density at radius 3 is 2.04 bits per heavy atom. The van der Waals surface area contributed by atoms with Gasteiger partial charge < -0.3 is 16.0 Å². The van der Waals surface area contributed by atoms with Gasteiger partial charge in [-0.1, -0.05) is 6.92 Å². The molecule has 0 saturated carbocycles. The van der Waals surface area contributed by atoms with Crippen LogP contribution in [0.25, 0.3) is 0 Å². The van der Waals surface area contributed by atoms with E-state index in [1.54, 1.807) is 36.1 Å². The highest BCUT2D eigenvalue weighted by atomic mass is 16.2. The second-order valence-electron chi connectivity index (χ2n) is 5.61. The molecule has 142 valence electrons. The average molecular weight is 363 g/mol. The van der Waals surface area contributed by atoms with Crippen molar-refractivity contribution in [2.75, 3.05) is 30.8 Å². The summed E-state index contributed by atoms with van der Waals surface area (Å²) in [4.78, 5) is 48.1. The third-order valence-electron chi connectivity index (χ3n) is 3.63. The molecule has 0 bridgehead atoms. The van der Waals surface area contributed by atoms with E-state index in [0.29, 0.717) is 17.9 Å². The number of nitrogens with zero attached hydrogens (tertiary/aromatic N) is 1. The van der Waals surface area contributed by atoms with Gasteiger partial charge in [-0.25, -0.2) is 4.79 Å². The molecule has 1 aromatic rings. The minimum Gasteiger partial charge on any atom is -0.341 e. The van der Waals surface area contributed by atoms with E-state index < -0.39 is 18.0 Å². The SMILES string of the molecule is CCN(CC(=O)Nc1ccc(NC(C)=O)cc1)[C@@H](C)C(=O)NC(=O)NC. The Labute approximate surface area is 152 Å². The highest BCUT2D eigenvalue weighted by molar-refractivity contribution is 5.97. The van der Waals surface area contributed by atoms with Crippen LogP contribution in [0, 0.1) is 0 Å². The average Bonchev–Trinajstić information content (AvgIpc) is 2.60. The first-order chi connectivity index (χ1) is 12.3. The molecule has 0 unspecified atom stereocenters. The summed E-state index contributed by atoms with van der Waals surface area (Å²) in [5.74, 6) is -0.957. The fourth-order valence-corrected chi connectivity index (χ4v) is 2.19. The predicted molar refractivity (Wildman–Crippen MR) is 98.7 cm³/mol. The molecule has 1 rings (SSSR count). The normalized spacial score (nSPS) is 11.4. The fourth-order valence-electron chi connectivity index (χ4n) is 2.19. The number of rotatable bonds is 7. The van der Waals surface area contributed by atoms with Crippen molar-refractivity contribution in [1.29, 1.82) is 0 Å². The summed E-state index contributed by atoms with van der Waals surface area (Å²) in [6.45, 7) is 5.30. The topological polar surface area (TPSA) is 120 Å². The van der Waals surface area contributed by atoms with Crippen LogP contribution in [0.4, 0.5) is 16.2 Å². The van der Waals surface area contributed by atoms with Crippen LogP contribution >= 0.6 is 0 Å². The van der Waals surface area contributed by atoms with E-state index in [-0.39, 0.29) is 18.4 Å². The quantitative estimate of drug-likeness (QED) is 0.570. The Morgan fingerprint density at radius 2 is 1.58 bits per heavy atom. The minimum absolute atomic E-state index is 0.00766. The molecule has 1 atom stereocenters. The van der Waals surface area contributed by atoms with Crippen LogP contribution in [-0.2, 0) is 14.4 Å². The molecular weight excluding hydrogens is 338 g/mol. The van der Waals surface area contributed by atoms with Gasteiger partial charge in [-0.05, 0) is 37.7 Å². The highest BCUT2D eigenvalue weighted by Gasteiger charge is 2.23. The first kappa shape index (κ1) is 21.1. The Hall–Kier alpha value is -2.94. The number of amides is 5. The number of carbonyl (C=O) groups excluding carboxylic acids is 4. The van der Waals surface area contributed by atoms with E-state index >= 15 is 0 Å². The number of urea groups is 1. The second kappa shape index (κ2) is 10.1. The molecule has 0 aliphatic rings. The Kier molecular flexibility index (Phi) is 8.23. The fraction of sp³-hybridized carbons (Fsp3) is 0.412. The number of hydrogen-bond acceptors (Lipinski definition) is 5. The van der Waals surface area contributed by atoms with E-state index in [2.05, 4.69) is 21.3 Å². The zero-order chi connectivity index (χ0) is 19.7. The summed E-state index contributed by atoms with van der Waals surface area (Å²) in [6.07, 6.45) is 0. The lowest BCUT2D eigenvalue weighted by molar-refractivity contribution is -0.126. The Balaban J connectivity index is 2.62. The van der Waals surface area contributed by atoms with Gasteiger partial charge in [0.15, 0.2) is 0 Å². The number of likely N-dealkylation sites (N-methyl/N-ethyl adjacent to an activating group) is 1. The molecule has 0 aliphatic carbocycles. The van der Waals surface area contributed by atoms with Crippen molar-refractivity contribution in [1.82, 2.24) is 15.5 Å². The molecule has 1 aromatic carbocycles. The van der Waals surface area contributed by atoms with Gasteiger partial charge in [-0.3, -0.25) is 24.6 Å². The molecule has 0 radical (unpaired) electrons. The van der Waals surface area contributed by atoms with Gasteiger partial charge in [0.1, 0.15) is 0 Å². The number of carbonyl (C=O) groups is 4. The summed E-state index contributed by atoms with van der Waals surface area (Å²) in [6, 6.07) is 5.44. The lowest BCUT2D eigenvalue weighted by Gasteiger charge is -2.25. The van der Waals surface area contributed by atoms with Crippen LogP contribution in [0.1, 0.15) is 20.8 Å². The molecular formula is C17H25N5O4. The van der Waals surface area contributed by atoms with E-state index in [9.17, 15) is 19.2 Å². The monoisotopic (exact) mass is 363 g/mol. The van der Waals surface area contributed by atoms with Crippen LogP contribution in [0.5, 0.6) is 0 Å². The maximum absolute atomic E-state index is 12.2. The lowest BCUT2D eigenvalue weighted by atomic mass is 10.2. The number of nitrogens with one attached hydrogen (secondary N) is 4. The molecule has 9 nitrogen and oxygen atoms in total. The molecule has 0 heterocycles. The summed E-state index contributed by atoms with van der Waals surface area (Å²) < 4.78 is 0. The van der Waals surface area contributed by atoms with E-state index in [4.69, 9.17) is 0 Å². The van der Waals surface area contributed by atoms with Crippen molar-refractivity contribution >= 4 is 35.1 Å². The largest absolute Gasteiger partial charge is 0.341 e. The number of hydrogen-bond donors (Lipinski definition) is 4. The molecule has 26 heavy (non-hydrogen) atoms. The highest BCUT2D eigenvalue weighted by Crippen LogP contribution is 2.13. The molecule has 4 N–H and O–H groups in total. The first-order valence-corrected chi connectivity index (χ1v) is 8.21. The Morgan fingerprint density at radius 1 is 1.04 bits per heavy atom. The molecule has 0 aliphatic heterocycles. The Bertz CT molecular complexity index is 660. The van der Waals surface area contributed by atoms with Crippen LogP contribution in [0.2, 0.25) is 0 Å². The lowest BCUT2D eigenvalue weighted by Crippen LogP contribution is -2.50. The second-order valence-corrected chi connectivity index (χ2v) is 5.61. The van der Waals surface area contributed by atoms with Gasteiger partial charge in [0.2, 0.25) is 17.7 Å². The van der Waals surface area contributed by atoms with Gasteiger partial charge >= 0.3 is 6.03 Å². The molecule has 0 spiro atoms. The van der Waals surface area contributed by atoms with Gasteiger partial charge in [0.25, 0.3) is 0 Å². The van der Waals surface area contributed by atoms with Crippen molar-refractivity contribution in [2.45, 2.75) is 26.8 Å². The summed E-state index contributed by atoms with van der Waals surface area (Å²) in [5.41, 5.74) is 1.20. The van der Waals surface area contributed by atoms with Crippen molar-refractivity contribution < 1.29 is 19.2 Å². The molecule has 9 heteroatoms. The van der Waals surface area contributed by atoms with Gasteiger partial charge in [-0.15, -0.1) is 0 Å². The molecule has 0 fully saturated rings. The summed E-state index contributed by atoms with van der Waals surface area (Å²) in [5, 5.41) is 9.86. The van der Waals surface area contributed by atoms with Crippen LogP contribution < -0.4 is 21.3 Å². The van der Waals surface area contributed by atoms with Crippen molar-refractivity contribution in [3.05, 3.63) is 24.3 Å². The van der Waals surface area contributed by atoms with Gasteiger partial charge in [0.05, 0.1) is 12.6 Å². The maximum atomic E-state index is 12.2. The number of anilines is 2. The zero-order valence-corrected chi connectivity index (χ0v) is 15.4. The zero-order valence-electron chi connectivity index (χ0n) is 15.4.